The van der Waals surface area contributed by atoms with E-state index >= 15 is 0 Å². The number of ether oxygens (including phenoxy) is 3. The van der Waals surface area contributed by atoms with Crippen molar-refractivity contribution >= 4 is 63.9 Å². The molecule has 74 heavy (non-hydrogen) atoms. The fourth-order valence-corrected chi connectivity index (χ4v) is 10.0. The summed E-state index contributed by atoms with van der Waals surface area (Å²) >= 11 is 6.63. The maximum absolute atomic E-state index is 14.4. The Morgan fingerprint density at radius 2 is 1.53 bits per heavy atom. The average molecular weight is 1050 g/mol. The molecule has 0 unspecified atom stereocenters. The number of carbonyl (C=O) groups excluding carboxylic acids is 6. The number of piperazine rings is 1. The van der Waals surface area contributed by atoms with Gasteiger partial charge in [-0.2, -0.15) is 18.3 Å². The number of aromatic nitrogens is 6. The quantitative estimate of drug-likeness (QED) is 0.0815. The maximum atomic E-state index is 14.4. The number of anilines is 1. The number of piperidine rings is 1. The van der Waals surface area contributed by atoms with Gasteiger partial charge in [0.05, 0.1) is 60.3 Å². The van der Waals surface area contributed by atoms with E-state index < -0.39 is 34.9 Å². The lowest BCUT2D eigenvalue weighted by Crippen LogP contribution is -2.64. The van der Waals surface area contributed by atoms with Gasteiger partial charge in [0.1, 0.15) is 16.9 Å². The predicted molar refractivity (Wildman–Crippen MR) is 263 cm³/mol. The van der Waals surface area contributed by atoms with Crippen molar-refractivity contribution in [3.05, 3.63) is 76.7 Å². The summed E-state index contributed by atoms with van der Waals surface area (Å²) in [5.41, 5.74) is -2.07. The molecule has 2 N–H and O–H groups in total. The molecule has 0 spiro atoms. The molecule has 3 aliphatic rings. The van der Waals surface area contributed by atoms with Crippen molar-refractivity contribution in [3.8, 4) is 17.1 Å². The summed E-state index contributed by atoms with van der Waals surface area (Å²) in [6.07, 6.45) is -0.519. The number of hydrogen-bond donors (Lipinski definition) is 2. The first-order valence-electron chi connectivity index (χ1n) is 24.2. The average Bonchev–Trinajstić information content (AvgIpc) is 4.05. The van der Waals surface area contributed by atoms with Crippen LogP contribution in [0.15, 0.2) is 48.9 Å². The van der Waals surface area contributed by atoms with Crippen LogP contribution in [0, 0.1) is 11.8 Å². The number of amides is 4. The van der Waals surface area contributed by atoms with Gasteiger partial charge in [-0.25, -0.2) is 29.0 Å². The van der Waals surface area contributed by atoms with Crippen LogP contribution in [-0.4, -0.2) is 168 Å². The van der Waals surface area contributed by atoms with Crippen molar-refractivity contribution < 1.29 is 60.6 Å². The number of benzene rings is 1. The van der Waals surface area contributed by atoms with Crippen LogP contribution in [0.3, 0.4) is 0 Å². The normalized spacial score (nSPS) is 18.8. The third-order valence-electron chi connectivity index (χ3n) is 13.3. The Morgan fingerprint density at radius 1 is 0.865 bits per heavy atom. The Morgan fingerprint density at radius 3 is 2.15 bits per heavy atom. The molecule has 3 saturated heterocycles. The van der Waals surface area contributed by atoms with Gasteiger partial charge in [0.15, 0.2) is 23.9 Å². The lowest BCUT2D eigenvalue weighted by molar-refractivity contribution is -0.930. The summed E-state index contributed by atoms with van der Waals surface area (Å²) in [6, 6.07) is 7.24. The van der Waals surface area contributed by atoms with E-state index in [0.29, 0.717) is 74.0 Å². The number of alkyl halides is 3. The van der Waals surface area contributed by atoms with E-state index in [0.717, 1.165) is 17.1 Å². The fourth-order valence-electron chi connectivity index (χ4n) is 9.75. The molecule has 0 radical (unpaired) electrons. The Balaban J connectivity index is 0.862. The van der Waals surface area contributed by atoms with Gasteiger partial charge in [-0.3, -0.25) is 14.4 Å². The molecule has 1 aromatic carbocycles. The molecule has 396 valence electrons. The number of nitrogens with zero attached hydrogens (tertiary/aromatic N) is 9. The number of esters is 2. The third kappa shape index (κ3) is 11.8. The van der Waals surface area contributed by atoms with Crippen LogP contribution in [0.25, 0.3) is 28.0 Å². The van der Waals surface area contributed by atoms with Crippen molar-refractivity contribution in [3.63, 3.8) is 0 Å². The van der Waals surface area contributed by atoms with E-state index in [1.807, 2.05) is 41.5 Å². The van der Waals surface area contributed by atoms with Crippen LogP contribution in [-0.2, 0) is 37.0 Å². The Bertz CT molecular complexity index is 2990. The Kier molecular flexibility index (Phi) is 14.7. The molecular weight excluding hydrogens is 991 g/mol. The number of aromatic amines is 1. The zero-order chi connectivity index (χ0) is 53.7. The van der Waals surface area contributed by atoms with Gasteiger partial charge in [-0.05, 0) is 65.8 Å². The zero-order valence-electron chi connectivity index (χ0n) is 42.5. The monoisotopic (exact) mass is 1050 g/mol. The molecule has 20 nitrogen and oxygen atoms in total. The zero-order valence-corrected chi connectivity index (χ0v) is 43.2. The van der Waals surface area contributed by atoms with Gasteiger partial charge >= 0.3 is 24.2 Å². The molecule has 8 rings (SSSR count). The van der Waals surface area contributed by atoms with Crippen LogP contribution in [0.1, 0.15) is 91.5 Å². The van der Waals surface area contributed by atoms with Crippen LogP contribution in [0.2, 0.25) is 5.02 Å². The molecule has 5 aromatic rings. The van der Waals surface area contributed by atoms with Gasteiger partial charge in [0.2, 0.25) is 5.91 Å². The molecule has 0 saturated carbocycles. The first-order valence-corrected chi connectivity index (χ1v) is 24.6. The second kappa shape index (κ2) is 20.4. The molecule has 0 aliphatic carbocycles. The number of carbonyl (C=O) groups is 6. The molecule has 0 bridgehead atoms. The highest BCUT2D eigenvalue weighted by atomic mass is 35.5. The van der Waals surface area contributed by atoms with Crippen molar-refractivity contribution in [1.29, 1.82) is 0 Å². The Labute approximate surface area is 429 Å². The molecule has 4 amide bonds. The summed E-state index contributed by atoms with van der Waals surface area (Å²) < 4.78 is 61.9. The highest BCUT2D eigenvalue weighted by Crippen LogP contribution is 2.38. The number of fused-ring (bicyclic) bond motifs is 1. The van der Waals surface area contributed by atoms with Gasteiger partial charge in [-0.15, -0.1) is 0 Å². The number of likely N-dealkylation sites (tertiary alicyclic amines) is 2. The van der Waals surface area contributed by atoms with E-state index in [1.54, 1.807) is 14.7 Å². The van der Waals surface area contributed by atoms with E-state index in [1.165, 1.54) is 55.3 Å². The molecule has 7 heterocycles. The van der Waals surface area contributed by atoms with Gasteiger partial charge < -0.3 is 48.3 Å². The SMILES string of the molecule is COC(=O)c1cc2cnc(-n3cc(-c4cnc(C(=O)Nc5ccc(C(=O)N6CCN(C(=O)C7CC[N+](CC(=O)OC(C)(C)C)(CC8CN(C(=O)OC(C)(C)C)C8)CC7)CC6)c(Cl)c5)n4C)c(C(F)(F)F)n3)cc2[nH]1. The molecule has 3 aliphatic heterocycles. The van der Waals surface area contributed by atoms with Gasteiger partial charge in [0, 0.05) is 101 Å². The lowest BCUT2D eigenvalue weighted by atomic mass is 9.90. The summed E-state index contributed by atoms with van der Waals surface area (Å²) in [4.78, 5) is 95.3. The number of quaternary nitrogens is 1. The van der Waals surface area contributed by atoms with Crippen LogP contribution in [0.5, 0.6) is 0 Å². The third-order valence-corrected chi connectivity index (χ3v) is 13.6. The molecule has 24 heteroatoms. The van der Waals surface area contributed by atoms with Crippen molar-refractivity contribution in [2.75, 3.05) is 77.9 Å². The summed E-state index contributed by atoms with van der Waals surface area (Å²) in [6.45, 7) is 15.2. The second-order valence-corrected chi connectivity index (χ2v) is 21.6. The minimum absolute atomic E-state index is 0.00123. The number of hydrogen-bond acceptors (Lipinski definition) is 12. The van der Waals surface area contributed by atoms with E-state index in [9.17, 15) is 41.9 Å². The number of H-pyrrole nitrogens is 1. The van der Waals surface area contributed by atoms with E-state index in [4.69, 9.17) is 25.8 Å². The standard InChI is InChI=1S/C50H59ClF3N11O9/c1-48(2,3)73-40(66)28-65(27-29-24-63(25-29)47(71)74-49(4,5)6)17-11-30(12-18-65)44(68)61-13-15-62(16-14-61)45(69)33-10-9-32(20-35(33)51)57-43(67)42-56-23-38(60(42)7)34-26-64(59-41(34)50(52,53)54)39-21-36-31(22-55-39)19-37(58-36)46(70)72-8/h9-10,19-23,26,29-30H,11-18,24-25,27-28H2,1-8H3,(H-,55,57,58,67,69,70)/p+1. The number of methoxy groups -OCH3 is 1. The lowest BCUT2D eigenvalue weighted by Gasteiger charge is -2.49. The summed E-state index contributed by atoms with van der Waals surface area (Å²) in [5, 5.41) is 6.99. The van der Waals surface area contributed by atoms with E-state index in [2.05, 4.69) is 25.4 Å². The van der Waals surface area contributed by atoms with Crippen molar-refractivity contribution in [2.45, 2.75) is 71.8 Å². The highest BCUT2D eigenvalue weighted by molar-refractivity contribution is 6.34. The number of pyridine rings is 1. The molecular formula is C50H60ClF3N11O9+. The minimum Gasteiger partial charge on any atom is -0.464 e. The van der Waals surface area contributed by atoms with Crippen LogP contribution >= 0.6 is 11.6 Å². The molecule has 4 aromatic heterocycles. The van der Waals surface area contributed by atoms with Gasteiger partial charge in [-0.1, -0.05) is 11.6 Å². The number of rotatable bonds is 11. The minimum atomic E-state index is -4.91. The van der Waals surface area contributed by atoms with Crippen molar-refractivity contribution in [1.82, 2.24) is 44.0 Å². The second-order valence-electron chi connectivity index (χ2n) is 21.2. The smallest absolute Gasteiger partial charge is 0.435 e. The van der Waals surface area contributed by atoms with Crippen LogP contribution in [0.4, 0.5) is 23.7 Å². The highest BCUT2D eigenvalue weighted by Gasteiger charge is 2.46. The number of imidazole rings is 1. The summed E-state index contributed by atoms with van der Waals surface area (Å²) in [5.74, 6) is -2.39. The fraction of sp³-hybridized carbons (Fsp3) is 0.500. The first-order chi connectivity index (χ1) is 34.7. The summed E-state index contributed by atoms with van der Waals surface area (Å²) in [7, 11) is 2.59. The molecule has 3 fully saturated rings. The predicted octanol–water partition coefficient (Wildman–Crippen LogP) is 6.58. The molecule has 0 atom stereocenters. The Hall–Kier alpha value is -7.01. The van der Waals surface area contributed by atoms with Crippen LogP contribution < -0.4 is 5.32 Å². The topological polar surface area (TPSA) is 216 Å². The van der Waals surface area contributed by atoms with E-state index in [-0.39, 0.29) is 100 Å². The first kappa shape index (κ1) is 53.3. The maximum Gasteiger partial charge on any atom is 0.435 e. The number of nitrogens with one attached hydrogen (secondary N) is 2. The largest absolute Gasteiger partial charge is 0.464 e. The van der Waals surface area contributed by atoms with Crippen molar-refractivity contribution in [2.24, 2.45) is 18.9 Å². The van der Waals surface area contributed by atoms with Gasteiger partial charge in [0.25, 0.3) is 11.8 Å². The number of halogens is 4.